The maximum absolute atomic E-state index is 12.7. The number of fused-ring (bicyclic) bond motifs is 1. The predicted octanol–water partition coefficient (Wildman–Crippen LogP) is 2.54. The van der Waals surface area contributed by atoms with Gasteiger partial charge < -0.3 is 21.3 Å². The van der Waals surface area contributed by atoms with Gasteiger partial charge in [0, 0.05) is 46.9 Å². The van der Waals surface area contributed by atoms with E-state index in [-0.39, 0.29) is 17.9 Å². The number of hydrogen-bond acceptors (Lipinski definition) is 7. The molecule has 1 aliphatic carbocycles. The quantitative estimate of drug-likeness (QED) is 0.436. The molecule has 9 nitrogen and oxygen atoms in total. The fraction of sp³-hybridized carbons (Fsp3) is 0.333. The molecule has 1 unspecified atom stereocenters. The highest BCUT2D eigenvalue weighted by molar-refractivity contribution is 7.12. The van der Waals surface area contributed by atoms with Crippen LogP contribution in [0.4, 0.5) is 5.82 Å². The number of hydrogen-bond donors (Lipinski definition) is 4. The Kier molecular flexibility index (Phi) is 5.19. The fourth-order valence-corrected chi connectivity index (χ4v) is 5.10. The molecule has 2 aliphatic heterocycles. The number of aromatic nitrogens is 3. The smallest absolute Gasteiger partial charge is 0.261 e. The molecule has 1 saturated carbocycles. The first-order valence-corrected chi connectivity index (χ1v) is 12.4. The summed E-state index contributed by atoms with van der Waals surface area (Å²) in [4.78, 5) is 30.0. The van der Waals surface area contributed by atoms with E-state index in [1.807, 2.05) is 23.6 Å². The maximum atomic E-state index is 12.7. The molecule has 34 heavy (non-hydrogen) atoms. The van der Waals surface area contributed by atoms with Gasteiger partial charge in [-0.25, -0.2) is 4.98 Å². The summed E-state index contributed by atoms with van der Waals surface area (Å²) >= 11 is 1.42. The number of carbonyl (C=O) groups is 2. The molecule has 0 spiro atoms. The summed E-state index contributed by atoms with van der Waals surface area (Å²) < 4.78 is 1.80. The van der Waals surface area contributed by atoms with Crippen molar-refractivity contribution >= 4 is 40.7 Å². The summed E-state index contributed by atoms with van der Waals surface area (Å²) in [6.45, 7) is 5.68. The number of anilines is 1. The Bertz CT molecular complexity index is 1340. The van der Waals surface area contributed by atoms with Gasteiger partial charge in [-0.05, 0) is 43.5 Å². The molecular weight excluding hydrogens is 450 g/mol. The number of rotatable bonds is 6. The third kappa shape index (κ3) is 4.10. The summed E-state index contributed by atoms with van der Waals surface area (Å²) in [5.41, 5.74) is 4.61. The van der Waals surface area contributed by atoms with Crippen molar-refractivity contribution in [1.82, 2.24) is 30.5 Å². The van der Waals surface area contributed by atoms with E-state index >= 15 is 0 Å². The molecule has 4 N–H and O–H groups in total. The molecule has 6 rings (SSSR count). The Balaban J connectivity index is 1.36. The van der Waals surface area contributed by atoms with E-state index in [1.165, 1.54) is 11.3 Å². The Labute approximate surface area is 200 Å². The van der Waals surface area contributed by atoms with E-state index in [2.05, 4.69) is 32.9 Å². The molecule has 2 saturated heterocycles. The molecular formula is C24H25N7O2S. The van der Waals surface area contributed by atoms with Crippen molar-refractivity contribution in [3.63, 3.8) is 0 Å². The topological polar surface area (TPSA) is 112 Å². The molecule has 3 fully saturated rings. The van der Waals surface area contributed by atoms with Gasteiger partial charge in [-0.1, -0.05) is 6.58 Å². The van der Waals surface area contributed by atoms with Crippen molar-refractivity contribution in [2.24, 2.45) is 0 Å². The number of carbonyl (C=O) groups excluding carboxylic acids is 2. The molecule has 3 aliphatic rings. The summed E-state index contributed by atoms with van der Waals surface area (Å²) in [6.07, 6.45) is 7.18. The van der Waals surface area contributed by atoms with E-state index < -0.39 is 0 Å². The highest BCUT2D eigenvalue weighted by Gasteiger charge is 2.25. The Morgan fingerprint density at radius 2 is 2.15 bits per heavy atom. The van der Waals surface area contributed by atoms with E-state index in [1.54, 1.807) is 10.7 Å². The number of allylic oxidation sites excluding steroid dienone is 1. The van der Waals surface area contributed by atoms with Crippen LogP contribution in [0.3, 0.4) is 0 Å². The highest BCUT2D eigenvalue weighted by atomic mass is 32.1. The van der Waals surface area contributed by atoms with Crippen LogP contribution >= 0.6 is 11.3 Å². The van der Waals surface area contributed by atoms with Gasteiger partial charge >= 0.3 is 0 Å². The summed E-state index contributed by atoms with van der Waals surface area (Å²) in [7, 11) is 0. The minimum absolute atomic E-state index is 0.0472. The zero-order chi connectivity index (χ0) is 23.2. The van der Waals surface area contributed by atoms with E-state index in [0.717, 1.165) is 60.6 Å². The molecule has 0 aromatic carbocycles. The number of nitrogens with zero attached hydrogens (tertiary/aromatic N) is 3. The maximum Gasteiger partial charge on any atom is 0.261 e. The van der Waals surface area contributed by atoms with Gasteiger partial charge in [-0.3, -0.25) is 9.59 Å². The van der Waals surface area contributed by atoms with Crippen LogP contribution < -0.4 is 21.3 Å². The minimum atomic E-state index is -0.0603. The second kappa shape index (κ2) is 8.37. The number of nitrogens with one attached hydrogen (secondary N) is 4. The van der Waals surface area contributed by atoms with Crippen LogP contribution in [0.5, 0.6) is 0 Å². The zero-order valence-electron chi connectivity index (χ0n) is 18.6. The third-order valence-corrected chi connectivity index (χ3v) is 7.23. The van der Waals surface area contributed by atoms with Gasteiger partial charge in [-0.2, -0.15) is 9.61 Å². The van der Waals surface area contributed by atoms with Crippen LogP contribution in [0.2, 0.25) is 0 Å². The fourth-order valence-electron chi connectivity index (χ4n) is 4.29. The molecule has 2 amide bonds. The average Bonchev–Trinajstić information content (AvgIpc) is 3.24. The average molecular weight is 476 g/mol. The van der Waals surface area contributed by atoms with Crippen molar-refractivity contribution in [3.8, 4) is 11.3 Å². The lowest BCUT2D eigenvalue weighted by Crippen LogP contribution is -2.35. The van der Waals surface area contributed by atoms with Crippen LogP contribution in [0.15, 0.2) is 41.6 Å². The monoisotopic (exact) mass is 475 g/mol. The normalized spacial score (nSPS) is 21.4. The van der Waals surface area contributed by atoms with Crippen LogP contribution in [-0.2, 0) is 4.79 Å². The largest absolute Gasteiger partial charge is 0.367 e. The van der Waals surface area contributed by atoms with E-state index in [9.17, 15) is 9.59 Å². The molecule has 3 aromatic heterocycles. The standard InChI is InChI=1S/C24H25N7O2S/c1-13-14(8-22(32)27-13)6-15-10-26-31-21(28-17-2-3-17)9-19(30-23(15)31)16-7-20(34-12-16)24(33)29-18-4-5-25-11-18/h6-7,9-10,12,17-18,25,28H,1-5,8,11H2,(H,27,32)(H,29,33)/b14-6+. The van der Waals surface area contributed by atoms with Crippen LogP contribution in [0.1, 0.15) is 40.9 Å². The lowest BCUT2D eigenvalue weighted by Gasteiger charge is -2.10. The van der Waals surface area contributed by atoms with Gasteiger partial charge in [0.1, 0.15) is 5.82 Å². The summed E-state index contributed by atoms with van der Waals surface area (Å²) in [5, 5.41) is 19.2. The van der Waals surface area contributed by atoms with Crippen molar-refractivity contribution in [2.45, 2.75) is 37.8 Å². The van der Waals surface area contributed by atoms with Gasteiger partial charge in [0.25, 0.3) is 5.91 Å². The Morgan fingerprint density at radius 1 is 1.26 bits per heavy atom. The summed E-state index contributed by atoms with van der Waals surface area (Å²) in [5.74, 6) is 0.754. The van der Waals surface area contributed by atoms with Crippen LogP contribution in [-0.4, -0.2) is 51.6 Å². The number of amides is 2. The van der Waals surface area contributed by atoms with Crippen LogP contribution in [0.25, 0.3) is 23.0 Å². The molecule has 1 atom stereocenters. The van der Waals surface area contributed by atoms with E-state index in [4.69, 9.17) is 4.98 Å². The van der Waals surface area contributed by atoms with Crippen molar-refractivity contribution in [2.75, 3.05) is 18.4 Å². The molecule has 3 aromatic rings. The van der Waals surface area contributed by atoms with Gasteiger partial charge in [0.2, 0.25) is 5.91 Å². The van der Waals surface area contributed by atoms with Gasteiger partial charge in [-0.15, -0.1) is 11.3 Å². The lowest BCUT2D eigenvalue weighted by atomic mass is 10.1. The first kappa shape index (κ1) is 21.1. The molecule has 5 heterocycles. The highest BCUT2D eigenvalue weighted by Crippen LogP contribution is 2.32. The van der Waals surface area contributed by atoms with Crippen molar-refractivity contribution in [3.05, 3.63) is 52.0 Å². The second-order valence-electron chi connectivity index (χ2n) is 9.02. The van der Waals surface area contributed by atoms with Gasteiger partial charge in [0.05, 0.1) is 23.2 Å². The Morgan fingerprint density at radius 3 is 2.88 bits per heavy atom. The number of thiophene rings is 1. The molecule has 0 bridgehead atoms. The third-order valence-electron chi connectivity index (χ3n) is 6.30. The lowest BCUT2D eigenvalue weighted by molar-refractivity contribution is -0.118. The molecule has 10 heteroatoms. The van der Waals surface area contributed by atoms with Crippen molar-refractivity contribution in [1.29, 1.82) is 0 Å². The SMILES string of the molecule is C=C1NC(=O)C/C1=C\c1cnn2c(NC3CC3)cc(-c3csc(C(=O)NC4CCNC4)c3)nc12. The van der Waals surface area contributed by atoms with Crippen LogP contribution in [0, 0.1) is 0 Å². The van der Waals surface area contributed by atoms with Gasteiger partial charge in [0.15, 0.2) is 5.65 Å². The molecule has 174 valence electrons. The van der Waals surface area contributed by atoms with E-state index in [0.29, 0.717) is 28.7 Å². The minimum Gasteiger partial charge on any atom is -0.367 e. The van der Waals surface area contributed by atoms with Crippen molar-refractivity contribution < 1.29 is 9.59 Å². The first-order chi connectivity index (χ1) is 16.5. The second-order valence-corrected chi connectivity index (χ2v) is 9.93. The predicted molar refractivity (Wildman–Crippen MR) is 132 cm³/mol. The zero-order valence-corrected chi connectivity index (χ0v) is 19.4. The Hall–Kier alpha value is -3.50. The first-order valence-electron chi connectivity index (χ1n) is 11.5. The molecule has 0 radical (unpaired) electrons. The summed E-state index contributed by atoms with van der Waals surface area (Å²) in [6, 6.07) is 4.50.